The summed E-state index contributed by atoms with van der Waals surface area (Å²) in [5, 5.41) is 20.2. The number of nitrogens with zero attached hydrogens (tertiary/aromatic N) is 4. The van der Waals surface area contributed by atoms with Gasteiger partial charge in [-0.3, -0.25) is 9.09 Å². The van der Waals surface area contributed by atoms with Crippen LogP contribution in [0.1, 0.15) is 18.2 Å². The Kier molecular flexibility index (Phi) is 3.03. The van der Waals surface area contributed by atoms with Crippen molar-refractivity contribution in [3.63, 3.8) is 0 Å². The summed E-state index contributed by atoms with van der Waals surface area (Å²) in [4.78, 5) is 30.2. The number of hydrogen-bond donors (Lipinski definition) is 5. The van der Waals surface area contributed by atoms with Crippen LogP contribution in [-0.4, -0.2) is 57.8 Å². The van der Waals surface area contributed by atoms with Gasteiger partial charge in [0.15, 0.2) is 29.3 Å². The van der Waals surface area contributed by atoms with Crippen molar-refractivity contribution in [3.05, 3.63) is 12.2 Å². The second kappa shape index (κ2) is 4.68. The van der Waals surface area contributed by atoms with Crippen LogP contribution in [-0.2, 0) is 13.8 Å². The van der Waals surface area contributed by atoms with Gasteiger partial charge in [-0.15, -0.1) is 0 Å². The lowest BCUT2D eigenvalue weighted by atomic mass is 10.1. The fourth-order valence-electron chi connectivity index (χ4n) is 2.95. The number of aromatic nitrogens is 4. The van der Waals surface area contributed by atoms with Crippen LogP contribution in [0.2, 0.25) is 0 Å². The number of hydrogen-bond acceptors (Lipinski definition) is 9. The molecular formula is C10H12N5O7P. The van der Waals surface area contributed by atoms with E-state index in [1.807, 2.05) is 0 Å². The molecule has 0 spiro atoms. The van der Waals surface area contributed by atoms with E-state index in [-0.39, 0.29) is 22.8 Å². The summed E-state index contributed by atoms with van der Waals surface area (Å²) in [5.74, 6) is 0.0881. The molecule has 13 heteroatoms. The smallest absolute Gasteiger partial charge is 0.387 e. The third-order valence-electron chi connectivity index (χ3n) is 3.87. The molecule has 2 aliphatic rings. The van der Waals surface area contributed by atoms with Crippen LogP contribution in [0.3, 0.4) is 0 Å². The minimum Gasteiger partial charge on any atom is -0.387 e. The monoisotopic (exact) mass is 345 g/mol. The Morgan fingerprint density at radius 3 is 2.74 bits per heavy atom. The predicted molar refractivity (Wildman–Crippen MR) is 71.5 cm³/mol. The van der Waals surface area contributed by atoms with Gasteiger partial charge in [-0.05, 0) is 0 Å². The average molecular weight is 345 g/mol. The predicted octanol–water partition coefficient (Wildman–Crippen LogP) is -1.81. The maximum absolute atomic E-state index is 11.2. The number of imidazole rings is 1. The summed E-state index contributed by atoms with van der Waals surface area (Å²) in [6.45, 7) is 0. The molecule has 2 aliphatic heterocycles. The zero-order chi connectivity index (χ0) is 16.5. The van der Waals surface area contributed by atoms with Crippen LogP contribution >= 0.6 is 7.82 Å². The van der Waals surface area contributed by atoms with Crippen molar-refractivity contribution in [2.75, 3.05) is 5.73 Å². The van der Waals surface area contributed by atoms with Crippen molar-refractivity contribution in [2.24, 2.45) is 0 Å². The largest absolute Gasteiger partial charge is 0.470 e. The number of aliphatic hydroxyl groups is 2. The summed E-state index contributed by atoms with van der Waals surface area (Å²) < 4.78 is 22.7. The SMILES string of the molecule is Nc1ncnc2c1nc1n2C2O[C@H](C1OP(=O)(O)O)C(O)[C@H]2O. The van der Waals surface area contributed by atoms with Crippen molar-refractivity contribution in [2.45, 2.75) is 30.6 Å². The van der Waals surface area contributed by atoms with Crippen LogP contribution in [0.25, 0.3) is 11.2 Å². The first-order chi connectivity index (χ1) is 10.8. The van der Waals surface area contributed by atoms with Crippen molar-refractivity contribution >= 4 is 24.8 Å². The number of anilines is 1. The molecule has 1 fully saturated rings. The van der Waals surface area contributed by atoms with Gasteiger partial charge in [0.25, 0.3) is 0 Å². The van der Waals surface area contributed by atoms with Crippen molar-refractivity contribution < 1.29 is 33.8 Å². The van der Waals surface area contributed by atoms with Gasteiger partial charge in [-0.25, -0.2) is 19.5 Å². The second-order valence-corrected chi connectivity index (χ2v) is 6.45. The van der Waals surface area contributed by atoms with Gasteiger partial charge in [0, 0.05) is 0 Å². The van der Waals surface area contributed by atoms with Gasteiger partial charge in [-0.1, -0.05) is 0 Å². The van der Waals surface area contributed by atoms with Gasteiger partial charge < -0.3 is 30.5 Å². The molecule has 4 heterocycles. The van der Waals surface area contributed by atoms with E-state index in [2.05, 4.69) is 15.0 Å². The fourth-order valence-corrected chi connectivity index (χ4v) is 3.46. The Morgan fingerprint density at radius 1 is 1.30 bits per heavy atom. The van der Waals surface area contributed by atoms with Crippen LogP contribution in [0.4, 0.5) is 5.82 Å². The van der Waals surface area contributed by atoms with E-state index in [0.717, 1.165) is 0 Å². The fraction of sp³-hybridized carbons (Fsp3) is 0.500. The maximum Gasteiger partial charge on any atom is 0.470 e. The molecule has 3 unspecified atom stereocenters. The number of phosphoric acid groups is 1. The first-order valence-corrected chi connectivity index (χ1v) is 8.05. The maximum atomic E-state index is 11.2. The van der Waals surface area contributed by atoms with Gasteiger partial charge in [-0.2, -0.15) is 0 Å². The molecule has 23 heavy (non-hydrogen) atoms. The van der Waals surface area contributed by atoms with Crippen molar-refractivity contribution in [3.8, 4) is 0 Å². The van der Waals surface area contributed by atoms with Gasteiger partial charge in [0.2, 0.25) is 0 Å². The molecule has 0 amide bonds. The summed E-state index contributed by atoms with van der Waals surface area (Å²) in [6.07, 6.45) is -5.21. The highest BCUT2D eigenvalue weighted by atomic mass is 31.2. The van der Waals surface area contributed by atoms with Gasteiger partial charge >= 0.3 is 7.82 Å². The lowest BCUT2D eigenvalue weighted by Gasteiger charge is -2.30. The summed E-state index contributed by atoms with van der Waals surface area (Å²) in [6, 6.07) is 0. The number of nitrogen functional groups attached to an aromatic ring is 1. The van der Waals surface area contributed by atoms with Crippen LogP contribution < -0.4 is 5.73 Å². The first kappa shape index (κ1) is 14.9. The summed E-state index contributed by atoms with van der Waals surface area (Å²) in [5.41, 5.74) is 6.10. The lowest BCUT2D eigenvalue weighted by molar-refractivity contribution is -0.111. The van der Waals surface area contributed by atoms with Crippen LogP contribution in [0.5, 0.6) is 0 Å². The number of fused-ring (bicyclic) bond motifs is 6. The van der Waals surface area contributed by atoms with Crippen LogP contribution in [0, 0.1) is 0 Å². The molecule has 2 bridgehead atoms. The van der Waals surface area contributed by atoms with E-state index in [1.54, 1.807) is 0 Å². The van der Waals surface area contributed by atoms with E-state index in [1.165, 1.54) is 10.9 Å². The molecule has 0 aromatic carbocycles. The average Bonchev–Trinajstić information content (AvgIpc) is 2.96. The molecule has 124 valence electrons. The lowest BCUT2D eigenvalue weighted by Crippen LogP contribution is -2.35. The third kappa shape index (κ3) is 2.08. The highest BCUT2D eigenvalue weighted by Gasteiger charge is 2.56. The molecule has 2 aromatic heterocycles. The quantitative estimate of drug-likeness (QED) is 0.386. The number of rotatable bonds is 2. The Balaban J connectivity index is 1.96. The molecule has 0 saturated carbocycles. The molecule has 0 aliphatic carbocycles. The molecule has 4 rings (SSSR count). The normalized spacial score (nSPS) is 33.1. The van der Waals surface area contributed by atoms with Crippen molar-refractivity contribution in [1.29, 1.82) is 0 Å². The van der Waals surface area contributed by atoms with Crippen LogP contribution in [0.15, 0.2) is 6.33 Å². The van der Waals surface area contributed by atoms with Gasteiger partial charge in [0.1, 0.15) is 30.5 Å². The number of nitrogens with two attached hydrogens (primary N) is 1. The summed E-state index contributed by atoms with van der Waals surface area (Å²) in [7, 11) is -4.92. The van der Waals surface area contributed by atoms with E-state index in [9.17, 15) is 14.8 Å². The Hall–Kier alpha value is -1.66. The zero-order valence-electron chi connectivity index (χ0n) is 11.3. The summed E-state index contributed by atoms with van der Waals surface area (Å²) >= 11 is 0. The second-order valence-electron chi connectivity index (χ2n) is 5.26. The molecule has 0 radical (unpaired) electrons. The minimum atomic E-state index is -4.92. The standard InChI is InChI=1S/C10H12N5O7P/c11-7-2-8(13-1-12-7)15-9(14-2)6(22-23(18,19)20)5-3(16)4(17)10(15)21-5/h1,3-6,10,16-17H,(H2,11,12,13)(H2,18,19,20)/t3?,4-,5+,6?,10?/m1/s1. The Morgan fingerprint density at radius 2 is 2.04 bits per heavy atom. The molecule has 2 aromatic rings. The third-order valence-corrected chi connectivity index (χ3v) is 4.37. The number of ether oxygens (including phenoxy) is 1. The zero-order valence-corrected chi connectivity index (χ0v) is 12.2. The number of phosphoric ester groups is 1. The van der Waals surface area contributed by atoms with Crippen molar-refractivity contribution in [1.82, 2.24) is 19.5 Å². The number of aliphatic hydroxyl groups excluding tert-OH is 2. The highest BCUT2D eigenvalue weighted by Crippen LogP contribution is 2.51. The molecular weight excluding hydrogens is 333 g/mol. The topological polar surface area (TPSA) is 186 Å². The molecule has 6 N–H and O–H groups in total. The van der Waals surface area contributed by atoms with E-state index in [4.69, 9.17) is 24.8 Å². The Labute approximate surface area is 127 Å². The van der Waals surface area contributed by atoms with Gasteiger partial charge in [0.05, 0.1) is 0 Å². The highest BCUT2D eigenvalue weighted by molar-refractivity contribution is 7.46. The van der Waals surface area contributed by atoms with E-state index >= 15 is 0 Å². The first-order valence-electron chi connectivity index (χ1n) is 6.52. The molecule has 1 saturated heterocycles. The van der Waals surface area contributed by atoms with E-state index in [0.29, 0.717) is 0 Å². The molecule has 12 nitrogen and oxygen atoms in total. The Bertz CT molecular complexity index is 836. The minimum absolute atomic E-state index is 0.0346. The van der Waals surface area contributed by atoms with E-state index < -0.39 is 38.5 Å². The molecule has 5 atom stereocenters.